The summed E-state index contributed by atoms with van der Waals surface area (Å²) in [6, 6.07) is 16.6. The van der Waals surface area contributed by atoms with Crippen LogP contribution in [0.1, 0.15) is 5.56 Å². The van der Waals surface area contributed by atoms with Crippen molar-refractivity contribution in [1.29, 1.82) is 0 Å². The summed E-state index contributed by atoms with van der Waals surface area (Å²) in [6.45, 7) is 0.788. The minimum atomic E-state index is -0.375. The molecule has 2 heterocycles. The van der Waals surface area contributed by atoms with Gasteiger partial charge in [-0.05, 0) is 0 Å². The number of imidazole rings is 1. The van der Waals surface area contributed by atoms with Crippen molar-refractivity contribution in [2.24, 2.45) is 4.99 Å². The predicted molar refractivity (Wildman–Crippen MR) is 101 cm³/mol. The van der Waals surface area contributed by atoms with E-state index in [-0.39, 0.29) is 16.0 Å². The molecule has 0 aliphatic carbocycles. The molecule has 0 bridgehead atoms. The fraction of sp³-hybridized carbons (Fsp3) is 0.111. The van der Waals surface area contributed by atoms with Crippen LogP contribution >= 0.6 is 11.6 Å². The van der Waals surface area contributed by atoms with Crippen LogP contribution in [0.3, 0.4) is 0 Å². The molecular weight excluding hydrogens is 383 g/mol. The quantitative estimate of drug-likeness (QED) is 0.633. The van der Waals surface area contributed by atoms with E-state index in [2.05, 4.69) is 39.1 Å². The standard InChI is InChI=1S/C18H16AsClN4/c20-15-6-7-16-17(10-15)24(19-11-14-4-2-1-3-5-14)12-18(22-16)23-9-8-21-13-23/h1-10,13,19H,11-12H2. The molecule has 0 saturated heterocycles. The third kappa shape index (κ3) is 3.26. The Morgan fingerprint density at radius 1 is 1.12 bits per heavy atom. The van der Waals surface area contributed by atoms with Gasteiger partial charge in [0.15, 0.2) is 0 Å². The van der Waals surface area contributed by atoms with Gasteiger partial charge in [-0.1, -0.05) is 0 Å². The van der Waals surface area contributed by atoms with Gasteiger partial charge in [0.05, 0.1) is 0 Å². The molecule has 0 spiro atoms. The molecule has 0 fully saturated rings. The van der Waals surface area contributed by atoms with E-state index in [9.17, 15) is 0 Å². The van der Waals surface area contributed by atoms with Crippen LogP contribution in [-0.2, 0) is 5.21 Å². The molecule has 4 nitrogen and oxygen atoms in total. The van der Waals surface area contributed by atoms with Gasteiger partial charge < -0.3 is 0 Å². The minimum absolute atomic E-state index is 0.375. The van der Waals surface area contributed by atoms with Crippen molar-refractivity contribution in [3.05, 3.63) is 77.8 Å². The molecule has 1 aliphatic heterocycles. The molecule has 0 saturated carbocycles. The average Bonchev–Trinajstić information content (AvgIpc) is 3.15. The average molecular weight is 399 g/mol. The first-order chi connectivity index (χ1) is 11.8. The maximum absolute atomic E-state index is 6.22. The second-order valence-corrected chi connectivity index (χ2v) is 8.51. The Bertz CT molecular complexity index is 862. The number of aliphatic imine (C=N–C) groups is 1. The third-order valence-corrected chi connectivity index (χ3v) is 6.96. The van der Waals surface area contributed by atoms with Crippen molar-refractivity contribution >= 4 is 44.8 Å². The van der Waals surface area contributed by atoms with E-state index >= 15 is 0 Å². The molecule has 2 aromatic carbocycles. The number of fused-ring (bicyclic) bond motifs is 1. The van der Waals surface area contributed by atoms with Gasteiger partial charge >= 0.3 is 153 Å². The van der Waals surface area contributed by atoms with Gasteiger partial charge in [0, 0.05) is 0 Å². The zero-order valence-corrected chi connectivity index (χ0v) is 15.8. The molecule has 0 N–H and O–H groups in total. The zero-order valence-electron chi connectivity index (χ0n) is 12.9. The van der Waals surface area contributed by atoms with E-state index in [0.29, 0.717) is 0 Å². The van der Waals surface area contributed by atoms with E-state index in [4.69, 9.17) is 16.6 Å². The van der Waals surface area contributed by atoms with Gasteiger partial charge in [-0.25, -0.2) is 0 Å². The summed E-state index contributed by atoms with van der Waals surface area (Å²) in [5.41, 5.74) is 3.50. The topological polar surface area (TPSA) is 33.4 Å². The third-order valence-electron chi connectivity index (χ3n) is 3.90. The van der Waals surface area contributed by atoms with Crippen LogP contribution in [0.25, 0.3) is 0 Å². The van der Waals surface area contributed by atoms with Crippen LogP contribution in [0.4, 0.5) is 11.4 Å². The first-order valence-electron chi connectivity index (χ1n) is 7.70. The molecule has 120 valence electrons. The summed E-state index contributed by atoms with van der Waals surface area (Å²) in [5, 5.41) is 1.86. The summed E-state index contributed by atoms with van der Waals surface area (Å²) in [7, 11) is 0. The van der Waals surface area contributed by atoms with E-state index in [1.807, 2.05) is 29.0 Å². The maximum atomic E-state index is 6.22. The zero-order chi connectivity index (χ0) is 16.4. The van der Waals surface area contributed by atoms with Crippen molar-refractivity contribution in [3.63, 3.8) is 0 Å². The number of aromatic nitrogens is 2. The summed E-state index contributed by atoms with van der Waals surface area (Å²) in [4.78, 5) is 8.93. The van der Waals surface area contributed by atoms with E-state index in [0.717, 1.165) is 34.0 Å². The Hall–Kier alpha value is -2.03. The monoisotopic (exact) mass is 398 g/mol. The van der Waals surface area contributed by atoms with Gasteiger partial charge in [0.25, 0.3) is 0 Å². The number of hydrogen-bond donors (Lipinski definition) is 0. The van der Waals surface area contributed by atoms with Crippen LogP contribution in [0.15, 0.2) is 72.2 Å². The number of anilines is 1. The molecule has 1 aliphatic rings. The molecule has 4 rings (SSSR count). The van der Waals surface area contributed by atoms with Crippen molar-refractivity contribution in [3.8, 4) is 0 Å². The van der Waals surface area contributed by atoms with Crippen LogP contribution in [0.5, 0.6) is 0 Å². The second-order valence-electron chi connectivity index (χ2n) is 5.54. The number of halogens is 1. The van der Waals surface area contributed by atoms with Crippen LogP contribution in [-0.4, -0.2) is 37.9 Å². The number of benzene rings is 2. The van der Waals surface area contributed by atoms with E-state index in [1.54, 1.807) is 12.5 Å². The fourth-order valence-electron chi connectivity index (χ4n) is 2.68. The SMILES string of the molecule is Clc1ccc2c(c1)N([AsH]Cc1ccccc1)CC(n1ccnc1)=N2. The van der Waals surface area contributed by atoms with Crippen LogP contribution < -0.4 is 3.82 Å². The molecule has 0 radical (unpaired) electrons. The molecule has 1 atom stereocenters. The first-order valence-corrected chi connectivity index (χ1v) is 10.5. The second kappa shape index (κ2) is 6.84. The summed E-state index contributed by atoms with van der Waals surface area (Å²) >= 11 is 5.84. The Morgan fingerprint density at radius 2 is 2.00 bits per heavy atom. The van der Waals surface area contributed by atoms with E-state index < -0.39 is 0 Å². The summed E-state index contributed by atoms with van der Waals surface area (Å²) in [6.07, 6.45) is 5.52. The molecule has 6 heteroatoms. The van der Waals surface area contributed by atoms with Gasteiger partial charge in [0.2, 0.25) is 0 Å². The van der Waals surface area contributed by atoms with Crippen LogP contribution in [0, 0.1) is 0 Å². The molecule has 1 unspecified atom stereocenters. The van der Waals surface area contributed by atoms with Gasteiger partial charge in [-0.3, -0.25) is 0 Å². The molecule has 24 heavy (non-hydrogen) atoms. The Labute approximate surface area is 152 Å². The summed E-state index contributed by atoms with van der Waals surface area (Å²) < 4.78 is 4.44. The predicted octanol–water partition coefficient (Wildman–Crippen LogP) is 3.49. The van der Waals surface area contributed by atoms with Crippen molar-refractivity contribution in [1.82, 2.24) is 9.55 Å². The first kappa shape index (κ1) is 15.5. The summed E-state index contributed by atoms with van der Waals surface area (Å²) in [5.74, 6) is 0.999. The van der Waals surface area contributed by atoms with Crippen molar-refractivity contribution < 1.29 is 0 Å². The molecular formula is C18H16AsClN4. The van der Waals surface area contributed by atoms with Gasteiger partial charge in [0.1, 0.15) is 0 Å². The molecule has 0 amide bonds. The van der Waals surface area contributed by atoms with Crippen LogP contribution in [0.2, 0.25) is 5.02 Å². The Balaban J connectivity index is 1.64. The molecule has 3 aromatic rings. The van der Waals surface area contributed by atoms with Gasteiger partial charge in [-0.2, -0.15) is 0 Å². The van der Waals surface area contributed by atoms with Crippen molar-refractivity contribution in [2.75, 3.05) is 10.4 Å². The number of rotatable bonds is 3. The number of nitrogens with zero attached hydrogens (tertiary/aromatic N) is 4. The number of hydrogen-bond acceptors (Lipinski definition) is 3. The Kier molecular flexibility index (Phi) is 4.41. The van der Waals surface area contributed by atoms with Crippen molar-refractivity contribution in [2.45, 2.75) is 5.21 Å². The normalized spacial score (nSPS) is 14.0. The molecule has 1 aromatic heterocycles. The van der Waals surface area contributed by atoms with Gasteiger partial charge in [-0.15, -0.1) is 0 Å². The Morgan fingerprint density at radius 3 is 2.79 bits per heavy atom. The van der Waals surface area contributed by atoms with E-state index in [1.165, 1.54) is 5.56 Å². The fourth-order valence-corrected chi connectivity index (χ4v) is 5.39.